The highest BCUT2D eigenvalue weighted by molar-refractivity contribution is 6.19. The molecule has 2 bridgehead atoms. The quantitative estimate of drug-likeness (QED) is 0.795. The Balaban J connectivity index is 1.97. The van der Waals surface area contributed by atoms with Crippen molar-refractivity contribution in [1.82, 2.24) is 0 Å². The van der Waals surface area contributed by atoms with Crippen molar-refractivity contribution in [3.05, 3.63) is 35.4 Å². The third-order valence-corrected chi connectivity index (χ3v) is 4.92. The Kier molecular flexibility index (Phi) is 2.18. The smallest absolute Gasteiger partial charge is 0.171 e. The Morgan fingerprint density at radius 2 is 1.65 bits per heavy atom. The van der Waals surface area contributed by atoms with E-state index in [1.807, 2.05) is 6.08 Å². The zero-order chi connectivity index (χ0) is 14.0. The second kappa shape index (κ2) is 3.72. The fourth-order valence-electron chi connectivity index (χ4n) is 4.11. The summed E-state index contributed by atoms with van der Waals surface area (Å²) in [5.74, 6) is -0.205. The predicted molar refractivity (Wildman–Crippen MR) is 71.0 cm³/mol. The maximum atomic E-state index is 12.8. The summed E-state index contributed by atoms with van der Waals surface area (Å²) in [5.41, 5.74) is 0.413. The number of ketones is 2. The first-order valence-electron chi connectivity index (χ1n) is 6.80. The Labute approximate surface area is 116 Å². The summed E-state index contributed by atoms with van der Waals surface area (Å²) < 4.78 is 5.21. The predicted octanol–water partition coefficient (Wildman–Crippen LogP) is 2.22. The lowest BCUT2D eigenvalue weighted by Crippen LogP contribution is -2.39. The van der Waals surface area contributed by atoms with Crippen molar-refractivity contribution in [3.63, 3.8) is 0 Å². The first kappa shape index (κ1) is 11.7. The molecule has 0 unspecified atom stereocenters. The SMILES string of the molecule is COc1ccc(O)c2c1C(=O)[C@@H]1[C@H](C2=O)[C@@H]2C=C[C@H]1C2. The molecule has 20 heavy (non-hydrogen) atoms. The molecule has 0 saturated heterocycles. The second-order valence-electron chi connectivity index (χ2n) is 5.77. The molecule has 4 heteroatoms. The molecule has 0 heterocycles. The van der Waals surface area contributed by atoms with Gasteiger partial charge in [-0.1, -0.05) is 12.2 Å². The molecule has 4 rings (SSSR count). The molecule has 0 amide bonds. The van der Waals surface area contributed by atoms with E-state index >= 15 is 0 Å². The molecule has 1 saturated carbocycles. The minimum absolute atomic E-state index is 0.0609. The number of methoxy groups -OCH3 is 1. The molecule has 3 aliphatic carbocycles. The van der Waals surface area contributed by atoms with E-state index in [4.69, 9.17) is 4.74 Å². The van der Waals surface area contributed by atoms with Gasteiger partial charge in [-0.05, 0) is 30.4 Å². The fraction of sp³-hybridized carbons (Fsp3) is 0.375. The van der Waals surface area contributed by atoms with Crippen molar-refractivity contribution in [2.45, 2.75) is 6.42 Å². The summed E-state index contributed by atoms with van der Waals surface area (Å²) in [6.07, 6.45) is 4.96. The van der Waals surface area contributed by atoms with Crippen LogP contribution in [-0.4, -0.2) is 23.8 Å². The van der Waals surface area contributed by atoms with Crippen LogP contribution in [-0.2, 0) is 0 Å². The Bertz CT molecular complexity index is 673. The molecule has 0 radical (unpaired) electrons. The van der Waals surface area contributed by atoms with Crippen LogP contribution in [0.2, 0.25) is 0 Å². The lowest BCUT2D eigenvalue weighted by molar-refractivity contribution is 0.0714. The van der Waals surface area contributed by atoms with Gasteiger partial charge in [-0.2, -0.15) is 0 Å². The van der Waals surface area contributed by atoms with Gasteiger partial charge >= 0.3 is 0 Å². The summed E-state index contributed by atoms with van der Waals surface area (Å²) >= 11 is 0. The second-order valence-corrected chi connectivity index (χ2v) is 5.77. The number of aromatic hydroxyl groups is 1. The molecule has 1 fully saturated rings. The Morgan fingerprint density at radius 3 is 2.25 bits per heavy atom. The zero-order valence-corrected chi connectivity index (χ0v) is 11.0. The number of ether oxygens (including phenoxy) is 1. The third-order valence-electron chi connectivity index (χ3n) is 4.92. The van der Waals surface area contributed by atoms with E-state index in [1.165, 1.54) is 13.2 Å². The number of hydrogen-bond donors (Lipinski definition) is 1. The van der Waals surface area contributed by atoms with E-state index in [0.717, 1.165) is 6.42 Å². The van der Waals surface area contributed by atoms with Crippen molar-refractivity contribution in [1.29, 1.82) is 0 Å². The van der Waals surface area contributed by atoms with E-state index in [-0.39, 0.29) is 52.1 Å². The van der Waals surface area contributed by atoms with Gasteiger partial charge in [0.15, 0.2) is 11.6 Å². The van der Waals surface area contributed by atoms with Crippen LogP contribution >= 0.6 is 0 Å². The largest absolute Gasteiger partial charge is 0.507 e. The molecule has 4 atom stereocenters. The molecule has 0 spiro atoms. The number of carbonyl (C=O) groups excluding carboxylic acids is 2. The number of fused-ring (bicyclic) bond motifs is 6. The highest BCUT2D eigenvalue weighted by Crippen LogP contribution is 2.54. The highest BCUT2D eigenvalue weighted by Gasteiger charge is 2.56. The van der Waals surface area contributed by atoms with E-state index in [1.54, 1.807) is 6.07 Å². The summed E-state index contributed by atoms with van der Waals surface area (Å²) in [5, 5.41) is 10.0. The van der Waals surface area contributed by atoms with Crippen LogP contribution in [0.25, 0.3) is 0 Å². The van der Waals surface area contributed by atoms with Gasteiger partial charge in [0.2, 0.25) is 0 Å². The van der Waals surface area contributed by atoms with Crippen LogP contribution in [0.15, 0.2) is 24.3 Å². The van der Waals surface area contributed by atoms with E-state index < -0.39 is 0 Å². The average Bonchev–Trinajstić information content (AvgIpc) is 3.05. The van der Waals surface area contributed by atoms with Crippen molar-refractivity contribution in [3.8, 4) is 11.5 Å². The van der Waals surface area contributed by atoms with Crippen molar-refractivity contribution >= 4 is 11.6 Å². The van der Waals surface area contributed by atoms with Crippen molar-refractivity contribution < 1.29 is 19.4 Å². The van der Waals surface area contributed by atoms with E-state index in [9.17, 15) is 14.7 Å². The van der Waals surface area contributed by atoms with E-state index in [2.05, 4.69) is 6.08 Å². The normalized spacial score (nSPS) is 33.2. The molecule has 1 aromatic carbocycles. The number of rotatable bonds is 1. The fourth-order valence-corrected chi connectivity index (χ4v) is 4.11. The first-order valence-corrected chi connectivity index (χ1v) is 6.80. The number of Topliss-reactive ketones (excluding diaryl/α,β-unsaturated/α-hetero) is 2. The number of phenols is 1. The van der Waals surface area contributed by atoms with Gasteiger partial charge in [0.05, 0.1) is 18.2 Å². The minimum atomic E-state index is -0.303. The van der Waals surface area contributed by atoms with Gasteiger partial charge in [-0.15, -0.1) is 0 Å². The number of allylic oxidation sites excluding steroid dienone is 2. The topological polar surface area (TPSA) is 63.6 Å². The molecular weight excluding hydrogens is 256 g/mol. The van der Waals surface area contributed by atoms with Gasteiger partial charge in [-0.3, -0.25) is 9.59 Å². The van der Waals surface area contributed by atoms with Crippen LogP contribution in [0.1, 0.15) is 27.1 Å². The molecule has 3 aliphatic rings. The maximum absolute atomic E-state index is 12.8. The number of benzene rings is 1. The number of carbonyl (C=O) groups is 2. The molecule has 4 nitrogen and oxygen atoms in total. The lowest BCUT2D eigenvalue weighted by atomic mass is 9.69. The molecule has 0 aromatic heterocycles. The van der Waals surface area contributed by atoms with Crippen LogP contribution in [0.4, 0.5) is 0 Å². The third kappa shape index (κ3) is 1.22. The van der Waals surface area contributed by atoms with Crippen molar-refractivity contribution in [2.24, 2.45) is 23.7 Å². The van der Waals surface area contributed by atoms with Gasteiger partial charge in [0.25, 0.3) is 0 Å². The van der Waals surface area contributed by atoms with Gasteiger partial charge < -0.3 is 9.84 Å². The standard InChI is InChI=1S/C16H14O4/c1-20-10-5-4-9(17)13-14(10)16(19)12-8-3-2-7(6-8)11(12)15(13)18/h2-5,7-8,11-12,17H,6H2,1H3/t7-,8+,11-,12+/m1/s1. The lowest BCUT2D eigenvalue weighted by Gasteiger charge is -2.32. The minimum Gasteiger partial charge on any atom is -0.507 e. The van der Waals surface area contributed by atoms with Gasteiger partial charge in [0, 0.05) is 11.8 Å². The maximum Gasteiger partial charge on any atom is 0.171 e. The first-order chi connectivity index (χ1) is 9.63. The average molecular weight is 270 g/mol. The van der Waals surface area contributed by atoms with Gasteiger partial charge in [-0.25, -0.2) is 0 Å². The molecule has 1 N–H and O–H groups in total. The van der Waals surface area contributed by atoms with Crippen molar-refractivity contribution in [2.75, 3.05) is 7.11 Å². The monoisotopic (exact) mass is 270 g/mol. The highest BCUT2D eigenvalue weighted by atomic mass is 16.5. The number of phenolic OH excluding ortho intramolecular Hbond substituents is 1. The Hall–Kier alpha value is -2.10. The molecule has 1 aromatic rings. The summed E-state index contributed by atoms with van der Waals surface area (Å²) in [6.45, 7) is 0. The summed E-state index contributed by atoms with van der Waals surface area (Å²) in [4.78, 5) is 25.5. The summed E-state index contributed by atoms with van der Waals surface area (Å²) in [6, 6.07) is 2.97. The molecule has 102 valence electrons. The Morgan fingerprint density at radius 1 is 1.05 bits per heavy atom. The van der Waals surface area contributed by atoms with Crippen LogP contribution in [0, 0.1) is 23.7 Å². The van der Waals surface area contributed by atoms with E-state index in [0.29, 0.717) is 5.75 Å². The van der Waals surface area contributed by atoms with Crippen LogP contribution in [0.5, 0.6) is 11.5 Å². The van der Waals surface area contributed by atoms with Crippen LogP contribution in [0.3, 0.4) is 0 Å². The summed E-state index contributed by atoms with van der Waals surface area (Å²) in [7, 11) is 1.47. The van der Waals surface area contributed by atoms with Gasteiger partial charge in [0.1, 0.15) is 11.5 Å². The zero-order valence-electron chi connectivity index (χ0n) is 11.0. The molecule has 0 aliphatic heterocycles. The van der Waals surface area contributed by atoms with Crippen LogP contribution < -0.4 is 4.74 Å². The molecular formula is C16H14O4. The number of hydrogen-bond acceptors (Lipinski definition) is 4.